The summed E-state index contributed by atoms with van der Waals surface area (Å²) in [5.74, 6) is 1.37. The topological polar surface area (TPSA) is 85.2 Å². The van der Waals surface area contributed by atoms with Crippen LogP contribution in [-0.4, -0.2) is 36.3 Å². The van der Waals surface area contributed by atoms with E-state index in [4.69, 9.17) is 15.9 Å². The Morgan fingerprint density at radius 3 is 2.54 bits per heavy atom. The molecule has 0 unspecified atom stereocenters. The number of pyridine rings is 1. The molecule has 2 heterocycles. The smallest absolute Gasteiger partial charge is 0.230 e. The first-order chi connectivity index (χ1) is 12.6. The largest absolute Gasteiger partial charge is 0.350 e. The third-order valence-electron chi connectivity index (χ3n) is 4.13. The van der Waals surface area contributed by atoms with Crippen LogP contribution >= 0.6 is 0 Å². The molecule has 0 fully saturated rings. The standard InChI is InChI=1S/C19H26N4O3/c1-4-7-12-18(22-23-18)13-11-17(24)21-15-19(25-5-2,26-6-3)16-10-8-9-14-20-16/h1,8-10,14H,5-7,11-13,15H2,2-3H3,(H,21,24). The number of rotatable bonds is 12. The van der Waals surface area contributed by atoms with E-state index in [1.807, 2.05) is 32.0 Å². The first-order valence-electron chi connectivity index (χ1n) is 8.93. The second-order valence-electron chi connectivity index (χ2n) is 6.00. The lowest BCUT2D eigenvalue weighted by Crippen LogP contribution is -2.45. The van der Waals surface area contributed by atoms with Crippen LogP contribution in [0, 0.1) is 12.3 Å². The second kappa shape index (κ2) is 9.41. The van der Waals surface area contributed by atoms with Gasteiger partial charge in [0, 0.05) is 45.1 Å². The van der Waals surface area contributed by atoms with Gasteiger partial charge in [-0.15, -0.1) is 12.3 Å². The van der Waals surface area contributed by atoms with Crippen molar-refractivity contribution in [2.75, 3.05) is 19.8 Å². The number of aromatic nitrogens is 1. The van der Waals surface area contributed by atoms with E-state index in [1.165, 1.54) is 0 Å². The molecular weight excluding hydrogens is 332 g/mol. The average molecular weight is 358 g/mol. The summed E-state index contributed by atoms with van der Waals surface area (Å²) in [6, 6.07) is 5.51. The fraction of sp³-hybridized carbons (Fsp3) is 0.579. The van der Waals surface area contributed by atoms with Crippen LogP contribution in [0.15, 0.2) is 34.6 Å². The Labute approximate surface area is 154 Å². The predicted molar refractivity (Wildman–Crippen MR) is 97.1 cm³/mol. The van der Waals surface area contributed by atoms with Crippen molar-refractivity contribution >= 4 is 5.91 Å². The van der Waals surface area contributed by atoms with Crippen molar-refractivity contribution in [1.29, 1.82) is 0 Å². The van der Waals surface area contributed by atoms with Crippen molar-refractivity contribution in [2.24, 2.45) is 10.2 Å². The quantitative estimate of drug-likeness (QED) is 0.460. The zero-order valence-electron chi connectivity index (χ0n) is 15.4. The Morgan fingerprint density at radius 1 is 1.27 bits per heavy atom. The molecule has 1 aromatic heterocycles. The van der Waals surface area contributed by atoms with Crippen LogP contribution < -0.4 is 5.32 Å². The maximum Gasteiger partial charge on any atom is 0.230 e. The first kappa shape index (κ1) is 20.0. The van der Waals surface area contributed by atoms with E-state index < -0.39 is 11.4 Å². The number of hydrogen-bond acceptors (Lipinski definition) is 6. The summed E-state index contributed by atoms with van der Waals surface area (Å²) in [6.07, 6.45) is 9.12. The molecule has 1 aliphatic heterocycles. The number of amides is 1. The van der Waals surface area contributed by atoms with E-state index in [0.29, 0.717) is 44.6 Å². The van der Waals surface area contributed by atoms with Gasteiger partial charge in [-0.2, -0.15) is 10.2 Å². The Bertz CT molecular complexity index is 642. The fourth-order valence-corrected chi connectivity index (χ4v) is 2.72. The van der Waals surface area contributed by atoms with Crippen LogP contribution in [0.1, 0.15) is 45.2 Å². The summed E-state index contributed by atoms with van der Waals surface area (Å²) in [5.41, 5.74) is 0.170. The average Bonchev–Trinajstić information content (AvgIpc) is 3.44. The number of ether oxygens (including phenoxy) is 2. The highest BCUT2D eigenvalue weighted by molar-refractivity contribution is 5.76. The molecule has 1 aromatic rings. The molecule has 1 aliphatic rings. The molecule has 0 aromatic carbocycles. The maximum absolute atomic E-state index is 12.3. The van der Waals surface area contributed by atoms with Crippen molar-refractivity contribution < 1.29 is 14.3 Å². The molecule has 26 heavy (non-hydrogen) atoms. The molecule has 0 atom stereocenters. The van der Waals surface area contributed by atoms with Crippen LogP contribution in [0.5, 0.6) is 0 Å². The highest BCUT2D eigenvalue weighted by Crippen LogP contribution is 2.37. The molecular formula is C19H26N4O3. The van der Waals surface area contributed by atoms with Crippen molar-refractivity contribution in [1.82, 2.24) is 10.3 Å². The molecule has 140 valence electrons. The van der Waals surface area contributed by atoms with E-state index in [-0.39, 0.29) is 12.5 Å². The molecule has 1 N–H and O–H groups in total. The number of carbonyl (C=O) groups excluding carboxylic acids is 1. The number of carbonyl (C=O) groups is 1. The van der Waals surface area contributed by atoms with Gasteiger partial charge < -0.3 is 14.8 Å². The summed E-state index contributed by atoms with van der Waals surface area (Å²) in [7, 11) is 0. The van der Waals surface area contributed by atoms with Crippen LogP contribution in [0.2, 0.25) is 0 Å². The lowest BCUT2D eigenvalue weighted by Gasteiger charge is -2.32. The number of terminal acetylenes is 1. The zero-order valence-corrected chi connectivity index (χ0v) is 15.4. The molecule has 0 saturated carbocycles. The van der Waals surface area contributed by atoms with Gasteiger partial charge in [0.15, 0.2) is 5.66 Å². The fourth-order valence-electron chi connectivity index (χ4n) is 2.72. The van der Waals surface area contributed by atoms with Gasteiger partial charge in [0.1, 0.15) is 5.69 Å². The normalized spacial score (nSPS) is 14.7. The van der Waals surface area contributed by atoms with Crippen molar-refractivity contribution in [3.8, 4) is 12.3 Å². The maximum atomic E-state index is 12.3. The Hall–Kier alpha value is -2.30. The van der Waals surface area contributed by atoms with Crippen LogP contribution in [0.4, 0.5) is 0 Å². The second-order valence-corrected chi connectivity index (χ2v) is 6.00. The monoisotopic (exact) mass is 358 g/mol. The summed E-state index contributed by atoms with van der Waals surface area (Å²) in [6.45, 7) is 4.79. The Kier molecular flexibility index (Phi) is 7.25. The first-order valence-corrected chi connectivity index (χ1v) is 8.93. The summed E-state index contributed by atoms with van der Waals surface area (Å²) in [5, 5.41) is 11.0. The minimum Gasteiger partial charge on any atom is -0.350 e. The van der Waals surface area contributed by atoms with E-state index in [2.05, 4.69) is 26.4 Å². The molecule has 7 nitrogen and oxygen atoms in total. The van der Waals surface area contributed by atoms with Gasteiger partial charge in [-0.1, -0.05) is 6.07 Å². The highest BCUT2D eigenvalue weighted by atomic mass is 16.7. The summed E-state index contributed by atoms with van der Waals surface area (Å²) < 4.78 is 11.7. The van der Waals surface area contributed by atoms with E-state index >= 15 is 0 Å². The van der Waals surface area contributed by atoms with E-state index in [0.717, 1.165) is 0 Å². The molecule has 1 amide bonds. The Balaban J connectivity index is 1.94. The lowest BCUT2D eigenvalue weighted by atomic mass is 10.0. The van der Waals surface area contributed by atoms with Crippen molar-refractivity contribution in [3.63, 3.8) is 0 Å². The van der Waals surface area contributed by atoms with Crippen LogP contribution in [-0.2, 0) is 20.1 Å². The van der Waals surface area contributed by atoms with E-state index in [1.54, 1.807) is 6.20 Å². The number of nitrogens with one attached hydrogen (secondary N) is 1. The van der Waals surface area contributed by atoms with Gasteiger partial charge in [-0.25, -0.2) is 0 Å². The minimum atomic E-state index is -1.10. The van der Waals surface area contributed by atoms with Crippen LogP contribution in [0.25, 0.3) is 0 Å². The minimum absolute atomic E-state index is 0.109. The van der Waals surface area contributed by atoms with E-state index in [9.17, 15) is 4.79 Å². The summed E-state index contributed by atoms with van der Waals surface area (Å²) in [4.78, 5) is 16.7. The molecule has 0 saturated heterocycles. The van der Waals surface area contributed by atoms with Crippen molar-refractivity contribution in [2.45, 2.75) is 51.0 Å². The SMILES string of the molecule is C#CCCC1(CCC(=O)NCC(OCC)(OCC)c2ccccn2)N=N1. The van der Waals surface area contributed by atoms with Crippen molar-refractivity contribution in [3.05, 3.63) is 30.1 Å². The molecule has 2 rings (SSSR count). The van der Waals surface area contributed by atoms with Crippen LogP contribution in [0.3, 0.4) is 0 Å². The molecule has 0 aliphatic carbocycles. The van der Waals surface area contributed by atoms with Gasteiger partial charge in [-0.3, -0.25) is 9.78 Å². The molecule has 0 bridgehead atoms. The van der Waals surface area contributed by atoms with Gasteiger partial charge >= 0.3 is 0 Å². The highest BCUT2D eigenvalue weighted by Gasteiger charge is 2.40. The van der Waals surface area contributed by atoms with Gasteiger partial charge in [-0.05, 0) is 26.0 Å². The lowest BCUT2D eigenvalue weighted by molar-refractivity contribution is -0.241. The van der Waals surface area contributed by atoms with Gasteiger partial charge in [0.25, 0.3) is 0 Å². The third-order valence-corrected chi connectivity index (χ3v) is 4.13. The van der Waals surface area contributed by atoms with Gasteiger partial charge in [0.2, 0.25) is 11.7 Å². The summed E-state index contributed by atoms with van der Waals surface area (Å²) >= 11 is 0. The zero-order chi connectivity index (χ0) is 18.9. The van der Waals surface area contributed by atoms with Gasteiger partial charge in [0.05, 0.1) is 6.54 Å². The number of hydrogen-bond donors (Lipinski definition) is 1. The molecule has 0 radical (unpaired) electrons. The number of nitrogens with zero attached hydrogens (tertiary/aromatic N) is 3. The molecule has 7 heteroatoms. The Morgan fingerprint density at radius 2 is 2.00 bits per heavy atom. The predicted octanol–water partition coefficient (Wildman–Crippen LogP) is 2.78. The third kappa shape index (κ3) is 5.35. The molecule has 0 spiro atoms.